The predicted octanol–water partition coefficient (Wildman–Crippen LogP) is 2.82. The molecule has 0 radical (unpaired) electrons. The third-order valence-electron chi connectivity index (χ3n) is 2.75. The highest BCUT2D eigenvalue weighted by Crippen LogP contribution is 2.23. The standard InChI is InChI=1S/C13H12N4O2S/c1-2-10-14-9-6-4-3-5-8(9)12(15-10)18-7-11-16-17-13(20)19-11/h3-6H,2,7H2,1H3,(H,17,20). The van der Waals surface area contributed by atoms with Crippen molar-refractivity contribution in [2.24, 2.45) is 0 Å². The number of ether oxygens (including phenoxy) is 1. The van der Waals surface area contributed by atoms with Crippen molar-refractivity contribution < 1.29 is 9.15 Å². The molecule has 0 spiro atoms. The van der Waals surface area contributed by atoms with E-state index < -0.39 is 0 Å². The number of aromatic nitrogens is 4. The minimum atomic E-state index is 0.164. The van der Waals surface area contributed by atoms with Crippen LogP contribution in [0, 0.1) is 4.84 Å². The number of nitrogens with one attached hydrogen (secondary N) is 1. The molecule has 2 heterocycles. The van der Waals surface area contributed by atoms with Crippen molar-refractivity contribution in [2.45, 2.75) is 20.0 Å². The monoisotopic (exact) mass is 288 g/mol. The summed E-state index contributed by atoms with van der Waals surface area (Å²) in [6, 6.07) is 7.71. The van der Waals surface area contributed by atoms with Gasteiger partial charge in [-0.15, -0.1) is 5.10 Å². The summed E-state index contributed by atoms with van der Waals surface area (Å²) in [6.45, 7) is 2.16. The zero-order chi connectivity index (χ0) is 13.9. The van der Waals surface area contributed by atoms with E-state index in [1.54, 1.807) is 0 Å². The number of fused-ring (bicyclic) bond motifs is 1. The van der Waals surface area contributed by atoms with E-state index in [0.717, 1.165) is 23.1 Å². The van der Waals surface area contributed by atoms with E-state index in [1.807, 2.05) is 31.2 Å². The lowest BCUT2D eigenvalue weighted by molar-refractivity contribution is 0.254. The predicted molar refractivity (Wildman–Crippen MR) is 74.9 cm³/mol. The minimum Gasteiger partial charge on any atom is -0.467 e. The van der Waals surface area contributed by atoms with E-state index in [1.165, 1.54) is 0 Å². The Hall–Kier alpha value is -2.28. The summed E-state index contributed by atoms with van der Waals surface area (Å²) in [5.74, 6) is 1.65. The Morgan fingerprint density at radius 3 is 2.90 bits per heavy atom. The van der Waals surface area contributed by atoms with Gasteiger partial charge in [-0.1, -0.05) is 19.1 Å². The number of rotatable bonds is 4. The largest absolute Gasteiger partial charge is 0.467 e. The van der Waals surface area contributed by atoms with Crippen LogP contribution in [-0.4, -0.2) is 20.2 Å². The van der Waals surface area contributed by atoms with Gasteiger partial charge in [-0.25, -0.2) is 10.1 Å². The second-order valence-corrected chi connectivity index (χ2v) is 4.48. The normalized spacial score (nSPS) is 10.8. The third-order valence-corrected chi connectivity index (χ3v) is 2.92. The lowest BCUT2D eigenvalue weighted by Crippen LogP contribution is -2.02. The van der Waals surface area contributed by atoms with Gasteiger partial charge in [-0.3, -0.25) is 0 Å². The lowest BCUT2D eigenvalue weighted by Gasteiger charge is -2.07. The third kappa shape index (κ3) is 2.53. The number of para-hydroxylation sites is 1. The Bertz CT molecular complexity index is 796. The van der Waals surface area contributed by atoms with Gasteiger partial charge >= 0.3 is 0 Å². The topological polar surface area (TPSA) is 76.8 Å². The summed E-state index contributed by atoms with van der Waals surface area (Å²) in [5, 5.41) is 7.30. The highest BCUT2D eigenvalue weighted by molar-refractivity contribution is 7.71. The fourth-order valence-corrected chi connectivity index (χ4v) is 1.96. The first kappa shape index (κ1) is 12.7. The molecule has 0 atom stereocenters. The van der Waals surface area contributed by atoms with Gasteiger partial charge in [-0.05, 0) is 24.4 Å². The molecule has 0 saturated carbocycles. The van der Waals surface area contributed by atoms with E-state index in [0.29, 0.717) is 11.8 Å². The maximum Gasteiger partial charge on any atom is 0.284 e. The average molecular weight is 288 g/mol. The second kappa shape index (κ2) is 5.38. The Labute approximate surface area is 119 Å². The van der Waals surface area contributed by atoms with Crippen molar-refractivity contribution >= 4 is 23.1 Å². The molecule has 0 aliphatic rings. The molecule has 0 bridgehead atoms. The van der Waals surface area contributed by atoms with Crippen LogP contribution in [0.25, 0.3) is 10.9 Å². The number of hydrogen-bond donors (Lipinski definition) is 1. The molecule has 1 N–H and O–H groups in total. The summed E-state index contributed by atoms with van der Waals surface area (Å²) in [6.07, 6.45) is 0.740. The fourth-order valence-electron chi connectivity index (χ4n) is 1.81. The first-order chi connectivity index (χ1) is 9.76. The van der Waals surface area contributed by atoms with Crippen LogP contribution in [0.4, 0.5) is 0 Å². The Balaban J connectivity index is 1.95. The molecular formula is C13H12N4O2S. The van der Waals surface area contributed by atoms with Crippen LogP contribution in [0.5, 0.6) is 5.88 Å². The molecule has 0 unspecified atom stereocenters. The number of H-pyrrole nitrogens is 1. The zero-order valence-electron chi connectivity index (χ0n) is 10.8. The molecule has 102 valence electrons. The van der Waals surface area contributed by atoms with Crippen molar-refractivity contribution in [3.05, 3.63) is 40.8 Å². The molecule has 3 rings (SSSR count). The van der Waals surface area contributed by atoms with E-state index >= 15 is 0 Å². The molecule has 20 heavy (non-hydrogen) atoms. The number of nitrogens with zero attached hydrogens (tertiary/aromatic N) is 3. The second-order valence-electron chi connectivity index (χ2n) is 4.11. The summed E-state index contributed by atoms with van der Waals surface area (Å²) < 4.78 is 10.8. The number of aromatic amines is 1. The summed E-state index contributed by atoms with van der Waals surface area (Å²) in [5.41, 5.74) is 0.859. The van der Waals surface area contributed by atoms with Crippen LogP contribution < -0.4 is 4.74 Å². The molecule has 3 aromatic rings. The molecule has 6 nitrogen and oxygen atoms in total. The quantitative estimate of drug-likeness (QED) is 0.744. The van der Waals surface area contributed by atoms with Gasteiger partial charge in [0.25, 0.3) is 10.7 Å². The maximum absolute atomic E-state index is 5.69. The van der Waals surface area contributed by atoms with E-state index in [2.05, 4.69) is 20.2 Å². The smallest absolute Gasteiger partial charge is 0.284 e. The molecule has 0 fully saturated rings. The van der Waals surface area contributed by atoms with Gasteiger partial charge < -0.3 is 9.15 Å². The fraction of sp³-hybridized carbons (Fsp3) is 0.231. The highest BCUT2D eigenvalue weighted by atomic mass is 32.1. The lowest BCUT2D eigenvalue weighted by atomic mass is 10.2. The first-order valence-electron chi connectivity index (χ1n) is 6.19. The van der Waals surface area contributed by atoms with Crippen LogP contribution in [0.3, 0.4) is 0 Å². The van der Waals surface area contributed by atoms with E-state index in [9.17, 15) is 0 Å². The first-order valence-corrected chi connectivity index (χ1v) is 6.60. The van der Waals surface area contributed by atoms with Gasteiger partial charge in [0.05, 0.1) is 10.9 Å². The van der Waals surface area contributed by atoms with Crippen LogP contribution in [0.15, 0.2) is 28.7 Å². The zero-order valence-corrected chi connectivity index (χ0v) is 11.6. The summed E-state index contributed by atoms with van der Waals surface area (Å²) in [7, 11) is 0. The Morgan fingerprint density at radius 2 is 2.15 bits per heavy atom. The van der Waals surface area contributed by atoms with Gasteiger partial charge in [0.15, 0.2) is 6.61 Å². The number of benzene rings is 1. The molecule has 0 saturated heterocycles. The summed E-state index contributed by atoms with van der Waals surface area (Å²) >= 11 is 4.81. The Kier molecular flexibility index (Phi) is 3.42. The van der Waals surface area contributed by atoms with Crippen molar-refractivity contribution in [2.75, 3.05) is 0 Å². The van der Waals surface area contributed by atoms with Crippen molar-refractivity contribution in [3.63, 3.8) is 0 Å². The van der Waals surface area contributed by atoms with Crippen LogP contribution in [0.1, 0.15) is 18.6 Å². The molecule has 0 aliphatic carbocycles. The maximum atomic E-state index is 5.69. The SMILES string of the molecule is CCc1nc(OCc2n[nH]c(=S)o2)c2ccccc2n1. The van der Waals surface area contributed by atoms with Gasteiger partial charge in [0.1, 0.15) is 5.82 Å². The van der Waals surface area contributed by atoms with Gasteiger partial charge in [-0.2, -0.15) is 4.98 Å². The molecule has 0 aliphatic heterocycles. The molecule has 2 aromatic heterocycles. The number of aryl methyl sites for hydroxylation is 1. The molecule has 7 heteroatoms. The molecule has 0 amide bonds. The van der Waals surface area contributed by atoms with Crippen LogP contribution >= 0.6 is 12.2 Å². The Morgan fingerprint density at radius 1 is 1.30 bits per heavy atom. The summed E-state index contributed by atoms with van der Waals surface area (Å²) in [4.78, 5) is 9.09. The van der Waals surface area contributed by atoms with E-state index in [-0.39, 0.29) is 11.4 Å². The van der Waals surface area contributed by atoms with Crippen molar-refractivity contribution in [1.82, 2.24) is 20.2 Å². The molecular weight excluding hydrogens is 276 g/mol. The van der Waals surface area contributed by atoms with Crippen molar-refractivity contribution in [3.8, 4) is 5.88 Å². The molecule has 1 aromatic carbocycles. The van der Waals surface area contributed by atoms with Crippen molar-refractivity contribution in [1.29, 1.82) is 0 Å². The van der Waals surface area contributed by atoms with Crippen LogP contribution in [0.2, 0.25) is 0 Å². The van der Waals surface area contributed by atoms with Crippen LogP contribution in [-0.2, 0) is 13.0 Å². The minimum absolute atomic E-state index is 0.164. The average Bonchev–Trinajstić information content (AvgIpc) is 2.90. The highest BCUT2D eigenvalue weighted by Gasteiger charge is 2.09. The van der Waals surface area contributed by atoms with Gasteiger partial charge in [0, 0.05) is 6.42 Å². The van der Waals surface area contributed by atoms with Gasteiger partial charge in [0.2, 0.25) is 5.88 Å². The van der Waals surface area contributed by atoms with E-state index in [4.69, 9.17) is 21.4 Å². The number of hydrogen-bond acceptors (Lipinski definition) is 6.